The first-order valence-electron chi connectivity index (χ1n) is 10.4. The Balaban J connectivity index is 1.39. The first-order valence-corrected chi connectivity index (χ1v) is 10.4. The summed E-state index contributed by atoms with van der Waals surface area (Å²) in [6, 6.07) is 9.44. The van der Waals surface area contributed by atoms with Crippen LogP contribution in [0.1, 0.15) is 17.8 Å². The number of methoxy groups -OCH3 is 2. The predicted molar refractivity (Wildman–Crippen MR) is 114 cm³/mol. The molecule has 0 bridgehead atoms. The van der Waals surface area contributed by atoms with Crippen LogP contribution in [-0.2, 0) is 17.8 Å². The highest BCUT2D eigenvalue weighted by Crippen LogP contribution is 2.34. The molecule has 0 aliphatic carbocycles. The highest BCUT2D eigenvalue weighted by atomic mass is 19.1. The molecule has 0 saturated carbocycles. The third kappa shape index (κ3) is 3.48. The molecule has 162 valence electrons. The largest absolute Gasteiger partial charge is 0.481 e. The summed E-state index contributed by atoms with van der Waals surface area (Å²) >= 11 is 0. The first-order chi connectivity index (χ1) is 15.2. The molecule has 1 saturated heterocycles. The predicted octanol–water partition coefficient (Wildman–Crippen LogP) is 2.60. The Morgan fingerprint density at radius 2 is 2.00 bits per heavy atom. The van der Waals surface area contributed by atoms with Crippen LogP contribution in [0, 0.1) is 5.82 Å². The number of nitrogens with zero attached hydrogens (tertiary/aromatic N) is 6. The summed E-state index contributed by atoms with van der Waals surface area (Å²) in [4.78, 5) is 8.85. The lowest BCUT2D eigenvalue weighted by molar-refractivity contribution is 0.176. The van der Waals surface area contributed by atoms with Gasteiger partial charge in [-0.15, -0.1) is 10.2 Å². The van der Waals surface area contributed by atoms with Gasteiger partial charge < -0.3 is 19.3 Å². The van der Waals surface area contributed by atoms with E-state index in [0.717, 1.165) is 55.4 Å². The Kier molecular flexibility index (Phi) is 5.19. The van der Waals surface area contributed by atoms with Gasteiger partial charge in [0.1, 0.15) is 12.4 Å². The topological polar surface area (TPSA) is 68.5 Å². The van der Waals surface area contributed by atoms with Gasteiger partial charge in [0.05, 0.1) is 25.0 Å². The van der Waals surface area contributed by atoms with E-state index in [2.05, 4.69) is 25.0 Å². The van der Waals surface area contributed by atoms with Crippen LogP contribution in [0.5, 0.6) is 5.88 Å². The molecule has 0 N–H and O–H groups in total. The molecule has 1 fully saturated rings. The van der Waals surface area contributed by atoms with Gasteiger partial charge in [0.25, 0.3) is 0 Å². The molecule has 2 aliphatic heterocycles. The minimum atomic E-state index is -0.102. The molecule has 31 heavy (non-hydrogen) atoms. The second-order valence-electron chi connectivity index (χ2n) is 7.84. The highest BCUT2D eigenvalue weighted by Gasteiger charge is 2.37. The summed E-state index contributed by atoms with van der Waals surface area (Å²) in [5.41, 5.74) is 2.71. The summed E-state index contributed by atoms with van der Waals surface area (Å²) in [5.74, 6) is 1.91. The fourth-order valence-electron chi connectivity index (χ4n) is 4.43. The van der Waals surface area contributed by atoms with Crippen molar-refractivity contribution in [3.63, 3.8) is 0 Å². The average molecular weight is 424 g/mol. The number of halogens is 1. The van der Waals surface area contributed by atoms with Crippen molar-refractivity contribution in [1.82, 2.24) is 19.7 Å². The quantitative estimate of drug-likeness (QED) is 0.603. The molecular formula is C22H25FN6O2. The molecular weight excluding hydrogens is 399 g/mol. The monoisotopic (exact) mass is 424 g/mol. The van der Waals surface area contributed by atoms with Crippen LogP contribution in [0.15, 0.2) is 36.5 Å². The van der Waals surface area contributed by atoms with Gasteiger partial charge >= 0.3 is 0 Å². The maximum Gasteiger partial charge on any atom is 0.232 e. The highest BCUT2D eigenvalue weighted by molar-refractivity contribution is 5.59. The van der Waals surface area contributed by atoms with Gasteiger partial charge in [0, 0.05) is 44.1 Å². The molecule has 0 radical (unpaired) electrons. The minimum absolute atomic E-state index is 0.102. The van der Waals surface area contributed by atoms with Crippen LogP contribution >= 0.6 is 0 Å². The second kappa shape index (κ2) is 8.14. The molecule has 3 aromatic rings. The van der Waals surface area contributed by atoms with E-state index in [-0.39, 0.29) is 5.82 Å². The molecule has 2 aliphatic rings. The summed E-state index contributed by atoms with van der Waals surface area (Å²) in [5, 5.41) is 8.77. The van der Waals surface area contributed by atoms with E-state index >= 15 is 0 Å². The lowest BCUT2D eigenvalue weighted by Crippen LogP contribution is -2.61. The van der Waals surface area contributed by atoms with E-state index in [1.807, 2.05) is 22.8 Å². The van der Waals surface area contributed by atoms with Gasteiger partial charge in [-0.2, -0.15) is 0 Å². The van der Waals surface area contributed by atoms with Gasteiger partial charge in [-0.25, -0.2) is 9.37 Å². The van der Waals surface area contributed by atoms with E-state index in [9.17, 15) is 4.39 Å². The number of hydrogen-bond donors (Lipinski definition) is 0. The van der Waals surface area contributed by atoms with E-state index in [0.29, 0.717) is 24.4 Å². The average Bonchev–Trinajstić information content (AvgIpc) is 3.17. The molecule has 8 nitrogen and oxygen atoms in total. The summed E-state index contributed by atoms with van der Waals surface area (Å²) in [6.07, 6.45) is 3.51. The lowest BCUT2D eigenvalue weighted by atomic mass is 9.97. The Labute approximate surface area is 180 Å². The van der Waals surface area contributed by atoms with E-state index in [1.54, 1.807) is 32.5 Å². The molecule has 0 amide bonds. The molecule has 9 heteroatoms. The molecule has 0 atom stereocenters. The summed E-state index contributed by atoms with van der Waals surface area (Å²) in [6.45, 7) is 2.88. The number of hydrogen-bond acceptors (Lipinski definition) is 7. The van der Waals surface area contributed by atoms with Crippen molar-refractivity contribution in [2.45, 2.75) is 25.5 Å². The smallest absolute Gasteiger partial charge is 0.232 e. The normalized spacial score (nSPS) is 16.2. The zero-order chi connectivity index (χ0) is 21.4. The Hall–Kier alpha value is -3.20. The standard InChI is InChI=1S/C22H25FN6O2/c1-30-14-20-25-26-22(29(20)15-8-9-21(31-2)24-11-15)27-12-16(13-27)28-10-4-5-17-18(23)6-3-7-19(17)28/h3,6-9,11,16H,4-5,10,12-14H2,1-2H3. The molecule has 5 rings (SSSR count). The van der Waals surface area contributed by atoms with E-state index in [1.165, 1.54) is 0 Å². The van der Waals surface area contributed by atoms with Crippen LogP contribution in [0.2, 0.25) is 0 Å². The molecule has 4 heterocycles. The van der Waals surface area contributed by atoms with Gasteiger partial charge in [-0.05, 0) is 31.0 Å². The molecule has 0 unspecified atom stereocenters. The maximum atomic E-state index is 14.3. The van der Waals surface area contributed by atoms with Gasteiger partial charge in [0.2, 0.25) is 11.8 Å². The SMILES string of the molecule is COCc1nnc(N2CC(N3CCCc4c(F)cccc43)C2)n1-c1ccc(OC)nc1. The third-order valence-corrected chi connectivity index (χ3v) is 5.99. The van der Waals surface area contributed by atoms with E-state index in [4.69, 9.17) is 9.47 Å². The van der Waals surface area contributed by atoms with Crippen LogP contribution in [0.4, 0.5) is 16.0 Å². The number of benzene rings is 1. The van der Waals surface area contributed by atoms with Crippen LogP contribution in [0.25, 0.3) is 5.69 Å². The Morgan fingerprint density at radius 3 is 2.74 bits per heavy atom. The van der Waals surface area contributed by atoms with Gasteiger partial charge in [-0.3, -0.25) is 4.57 Å². The first kappa shape index (κ1) is 19.7. The number of aromatic nitrogens is 4. The van der Waals surface area contributed by atoms with Crippen molar-refractivity contribution >= 4 is 11.6 Å². The molecule has 1 aromatic carbocycles. The number of rotatable bonds is 6. The zero-order valence-electron chi connectivity index (χ0n) is 17.7. The van der Waals surface area contributed by atoms with Crippen molar-refractivity contribution in [2.75, 3.05) is 43.7 Å². The number of ether oxygens (including phenoxy) is 2. The van der Waals surface area contributed by atoms with Crippen LogP contribution < -0.4 is 14.5 Å². The number of fused-ring (bicyclic) bond motifs is 1. The van der Waals surface area contributed by atoms with Crippen LogP contribution in [0.3, 0.4) is 0 Å². The minimum Gasteiger partial charge on any atom is -0.481 e. The Morgan fingerprint density at radius 1 is 1.13 bits per heavy atom. The third-order valence-electron chi connectivity index (χ3n) is 5.99. The molecule has 0 spiro atoms. The van der Waals surface area contributed by atoms with Gasteiger partial charge in [0.15, 0.2) is 5.82 Å². The van der Waals surface area contributed by atoms with E-state index < -0.39 is 0 Å². The van der Waals surface area contributed by atoms with Crippen molar-refractivity contribution in [3.8, 4) is 11.6 Å². The summed E-state index contributed by atoms with van der Waals surface area (Å²) < 4.78 is 26.7. The molecule has 2 aromatic heterocycles. The zero-order valence-corrected chi connectivity index (χ0v) is 17.7. The fourth-order valence-corrected chi connectivity index (χ4v) is 4.43. The summed E-state index contributed by atoms with van der Waals surface area (Å²) in [7, 11) is 3.23. The number of pyridine rings is 1. The second-order valence-corrected chi connectivity index (χ2v) is 7.84. The lowest BCUT2D eigenvalue weighted by Gasteiger charge is -2.48. The maximum absolute atomic E-state index is 14.3. The van der Waals surface area contributed by atoms with Crippen molar-refractivity contribution < 1.29 is 13.9 Å². The van der Waals surface area contributed by atoms with Crippen LogP contribution in [-0.4, -0.2) is 59.6 Å². The van der Waals surface area contributed by atoms with Gasteiger partial charge in [-0.1, -0.05) is 6.07 Å². The van der Waals surface area contributed by atoms with Crippen molar-refractivity contribution in [2.24, 2.45) is 0 Å². The van der Waals surface area contributed by atoms with Crippen molar-refractivity contribution in [3.05, 3.63) is 53.7 Å². The number of anilines is 2. The fraction of sp³-hybridized carbons (Fsp3) is 0.409. The van der Waals surface area contributed by atoms with Crippen molar-refractivity contribution in [1.29, 1.82) is 0 Å². The Bertz CT molecular complexity index is 1060.